The molecule has 0 radical (unpaired) electrons. The zero-order valence-electron chi connectivity index (χ0n) is 12.4. The van der Waals surface area contributed by atoms with Gasteiger partial charge in [0.2, 0.25) is 0 Å². The average molecular weight is 296 g/mol. The number of ether oxygens (including phenoxy) is 2. The molecule has 2 aromatic carbocycles. The lowest BCUT2D eigenvalue weighted by atomic mass is 10.0. The summed E-state index contributed by atoms with van der Waals surface area (Å²) in [6.45, 7) is 0. The van der Waals surface area contributed by atoms with E-state index in [9.17, 15) is 0 Å². The molecule has 0 amide bonds. The lowest BCUT2D eigenvalue weighted by molar-refractivity contribution is 0.414. The predicted molar refractivity (Wildman–Crippen MR) is 84.9 cm³/mol. The van der Waals surface area contributed by atoms with E-state index in [2.05, 4.69) is 4.98 Å². The Morgan fingerprint density at radius 3 is 2.36 bits per heavy atom. The molecule has 5 heteroatoms. The van der Waals surface area contributed by atoms with Gasteiger partial charge in [-0.05, 0) is 23.8 Å². The van der Waals surface area contributed by atoms with Crippen molar-refractivity contribution in [3.8, 4) is 33.9 Å². The zero-order chi connectivity index (χ0) is 15.5. The van der Waals surface area contributed by atoms with Gasteiger partial charge in [-0.3, -0.25) is 0 Å². The minimum atomic E-state index is 0.125. The number of para-hydroxylation sites is 1. The fourth-order valence-corrected chi connectivity index (χ4v) is 2.36. The van der Waals surface area contributed by atoms with Crippen LogP contribution < -0.4 is 15.2 Å². The van der Waals surface area contributed by atoms with Crippen LogP contribution in [0.5, 0.6) is 11.5 Å². The topological polar surface area (TPSA) is 70.5 Å². The Balaban J connectivity index is 2.15. The van der Waals surface area contributed by atoms with E-state index in [4.69, 9.17) is 19.6 Å². The van der Waals surface area contributed by atoms with Crippen LogP contribution in [0.25, 0.3) is 22.5 Å². The van der Waals surface area contributed by atoms with Crippen LogP contribution >= 0.6 is 0 Å². The van der Waals surface area contributed by atoms with Gasteiger partial charge in [0.25, 0.3) is 6.01 Å². The summed E-state index contributed by atoms with van der Waals surface area (Å²) in [5, 5.41) is 0. The molecule has 0 bridgehead atoms. The Bertz CT molecular complexity index is 796. The van der Waals surface area contributed by atoms with Crippen LogP contribution in [0.4, 0.5) is 6.01 Å². The Hall–Kier alpha value is -2.95. The Kier molecular flexibility index (Phi) is 3.70. The second kappa shape index (κ2) is 5.81. The Morgan fingerprint density at radius 2 is 1.68 bits per heavy atom. The Labute approximate surface area is 128 Å². The summed E-state index contributed by atoms with van der Waals surface area (Å²) in [6, 6.07) is 13.8. The summed E-state index contributed by atoms with van der Waals surface area (Å²) in [4.78, 5) is 3.94. The van der Waals surface area contributed by atoms with Gasteiger partial charge in [0.1, 0.15) is 11.5 Å². The summed E-state index contributed by atoms with van der Waals surface area (Å²) < 4.78 is 16.2. The standard InChI is InChI=1S/C17H16N2O3/c1-20-14-6-4-3-5-12(14)11-7-8-15(21-2)13(9-11)16-10-19-17(18)22-16/h3-10H,1-2H3,(H2,18,19). The summed E-state index contributed by atoms with van der Waals surface area (Å²) in [5.74, 6) is 2.05. The van der Waals surface area contributed by atoms with Crippen LogP contribution in [-0.2, 0) is 0 Å². The van der Waals surface area contributed by atoms with Crippen molar-refractivity contribution >= 4 is 6.01 Å². The summed E-state index contributed by atoms with van der Waals surface area (Å²) in [6.07, 6.45) is 1.58. The molecule has 0 saturated heterocycles. The minimum absolute atomic E-state index is 0.125. The van der Waals surface area contributed by atoms with Gasteiger partial charge < -0.3 is 19.6 Å². The van der Waals surface area contributed by atoms with Crippen molar-refractivity contribution in [2.45, 2.75) is 0 Å². The first-order valence-corrected chi connectivity index (χ1v) is 6.76. The second-order valence-corrected chi connectivity index (χ2v) is 4.68. The molecular weight excluding hydrogens is 280 g/mol. The lowest BCUT2D eigenvalue weighted by Crippen LogP contribution is -1.91. The molecule has 0 atom stereocenters. The van der Waals surface area contributed by atoms with Crippen molar-refractivity contribution < 1.29 is 13.9 Å². The summed E-state index contributed by atoms with van der Waals surface area (Å²) in [5.41, 5.74) is 8.33. The van der Waals surface area contributed by atoms with Gasteiger partial charge in [0.15, 0.2) is 5.76 Å². The van der Waals surface area contributed by atoms with Crippen molar-refractivity contribution in [3.63, 3.8) is 0 Å². The van der Waals surface area contributed by atoms with Crippen LogP contribution in [-0.4, -0.2) is 19.2 Å². The number of methoxy groups -OCH3 is 2. The number of aromatic nitrogens is 1. The average Bonchev–Trinajstić information content (AvgIpc) is 3.00. The molecule has 3 rings (SSSR count). The second-order valence-electron chi connectivity index (χ2n) is 4.68. The fraction of sp³-hybridized carbons (Fsp3) is 0.118. The molecule has 0 saturated carbocycles. The number of nitrogens with two attached hydrogens (primary N) is 1. The number of nitrogen functional groups attached to an aromatic ring is 1. The van der Waals surface area contributed by atoms with Crippen LogP contribution in [0.1, 0.15) is 0 Å². The third-order valence-corrected chi connectivity index (χ3v) is 3.41. The first-order valence-electron chi connectivity index (χ1n) is 6.76. The van der Waals surface area contributed by atoms with Gasteiger partial charge in [-0.1, -0.05) is 24.3 Å². The summed E-state index contributed by atoms with van der Waals surface area (Å²) >= 11 is 0. The number of hydrogen-bond donors (Lipinski definition) is 1. The van der Waals surface area contributed by atoms with E-state index in [1.807, 2.05) is 42.5 Å². The molecule has 0 aliphatic heterocycles. The molecule has 22 heavy (non-hydrogen) atoms. The number of hydrogen-bond acceptors (Lipinski definition) is 5. The number of rotatable bonds is 4. The first kappa shape index (κ1) is 14.0. The van der Waals surface area contributed by atoms with Crippen molar-refractivity contribution in [2.75, 3.05) is 20.0 Å². The monoisotopic (exact) mass is 296 g/mol. The Morgan fingerprint density at radius 1 is 0.955 bits per heavy atom. The van der Waals surface area contributed by atoms with E-state index < -0.39 is 0 Å². The molecule has 0 aliphatic rings. The first-order chi connectivity index (χ1) is 10.7. The molecule has 1 heterocycles. The van der Waals surface area contributed by atoms with Gasteiger partial charge >= 0.3 is 0 Å². The maximum absolute atomic E-state index is 5.56. The SMILES string of the molecule is COc1ccccc1-c1ccc(OC)c(-c2cnc(N)o2)c1. The largest absolute Gasteiger partial charge is 0.496 e. The highest BCUT2D eigenvalue weighted by Gasteiger charge is 2.14. The molecule has 3 aromatic rings. The lowest BCUT2D eigenvalue weighted by Gasteiger charge is -2.11. The zero-order valence-corrected chi connectivity index (χ0v) is 12.4. The van der Waals surface area contributed by atoms with Crippen molar-refractivity contribution in [2.24, 2.45) is 0 Å². The minimum Gasteiger partial charge on any atom is -0.496 e. The molecule has 0 fully saturated rings. The number of oxazole rings is 1. The molecule has 0 spiro atoms. The van der Waals surface area contributed by atoms with E-state index in [0.29, 0.717) is 11.5 Å². The van der Waals surface area contributed by atoms with Crippen molar-refractivity contribution in [1.82, 2.24) is 4.98 Å². The maximum Gasteiger partial charge on any atom is 0.292 e. The molecule has 2 N–H and O–H groups in total. The maximum atomic E-state index is 5.56. The molecule has 5 nitrogen and oxygen atoms in total. The molecular formula is C17H16N2O3. The predicted octanol–water partition coefficient (Wildman–Crippen LogP) is 3.61. The van der Waals surface area contributed by atoms with E-state index in [1.54, 1.807) is 20.4 Å². The highest BCUT2D eigenvalue weighted by atomic mass is 16.5. The molecule has 112 valence electrons. The van der Waals surface area contributed by atoms with Crippen LogP contribution in [0.15, 0.2) is 53.1 Å². The fourth-order valence-electron chi connectivity index (χ4n) is 2.36. The summed E-state index contributed by atoms with van der Waals surface area (Å²) in [7, 11) is 3.27. The quantitative estimate of drug-likeness (QED) is 0.796. The van der Waals surface area contributed by atoms with Gasteiger partial charge in [-0.15, -0.1) is 0 Å². The van der Waals surface area contributed by atoms with Crippen molar-refractivity contribution in [3.05, 3.63) is 48.7 Å². The smallest absolute Gasteiger partial charge is 0.292 e. The number of anilines is 1. The third kappa shape index (κ3) is 2.48. The van der Waals surface area contributed by atoms with Gasteiger partial charge in [-0.25, -0.2) is 4.98 Å². The molecule has 1 aromatic heterocycles. The highest BCUT2D eigenvalue weighted by molar-refractivity contribution is 5.78. The van der Waals surface area contributed by atoms with E-state index in [-0.39, 0.29) is 6.01 Å². The van der Waals surface area contributed by atoms with Crippen LogP contribution in [0.2, 0.25) is 0 Å². The normalized spacial score (nSPS) is 10.5. The number of nitrogens with zero attached hydrogens (tertiary/aromatic N) is 1. The van der Waals surface area contributed by atoms with E-state index >= 15 is 0 Å². The molecule has 0 aliphatic carbocycles. The van der Waals surface area contributed by atoms with Crippen molar-refractivity contribution in [1.29, 1.82) is 0 Å². The van der Waals surface area contributed by atoms with Gasteiger partial charge in [0, 0.05) is 5.56 Å². The van der Waals surface area contributed by atoms with Crippen LogP contribution in [0.3, 0.4) is 0 Å². The van der Waals surface area contributed by atoms with Crippen LogP contribution in [0, 0.1) is 0 Å². The van der Waals surface area contributed by atoms with E-state index in [0.717, 1.165) is 22.4 Å². The highest BCUT2D eigenvalue weighted by Crippen LogP contribution is 2.37. The van der Waals surface area contributed by atoms with Gasteiger partial charge in [-0.2, -0.15) is 0 Å². The molecule has 0 unspecified atom stereocenters. The van der Waals surface area contributed by atoms with Gasteiger partial charge in [0.05, 0.1) is 26.0 Å². The van der Waals surface area contributed by atoms with E-state index in [1.165, 1.54) is 0 Å². The number of benzene rings is 2. The third-order valence-electron chi connectivity index (χ3n) is 3.41.